The Morgan fingerprint density at radius 2 is 1.87 bits per heavy atom. The Morgan fingerprint density at radius 3 is 2.52 bits per heavy atom. The van der Waals surface area contributed by atoms with Crippen LogP contribution in [0.2, 0.25) is 5.02 Å². The third-order valence-electron chi connectivity index (χ3n) is 5.00. The van der Waals surface area contributed by atoms with Crippen LogP contribution in [-0.4, -0.2) is 32.8 Å². The lowest BCUT2D eigenvalue weighted by Gasteiger charge is -2.29. The van der Waals surface area contributed by atoms with Crippen molar-refractivity contribution in [3.63, 3.8) is 0 Å². The number of esters is 1. The fourth-order valence-corrected chi connectivity index (χ4v) is 4.90. The predicted molar refractivity (Wildman–Crippen MR) is 117 cm³/mol. The largest absolute Gasteiger partial charge is 0.463 e. The number of halogens is 1. The number of hydrogen-bond acceptors (Lipinski definition) is 5. The second kappa shape index (κ2) is 9.11. The summed E-state index contributed by atoms with van der Waals surface area (Å²) in [5.41, 5.74) is 2.32. The van der Waals surface area contributed by atoms with Gasteiger partial charge in [-0.1, -0.05) is 29.8 Å². The Kier molecular flexibility index (Phi) is 6.71. The molecule has 0 aromatic heterocycles. The maximum Gasteiger partial charge on any atom is 0.338 e. The molecule has 1 atom stereocenters. The molecule has 0 saturated carbocycles. The van der Waals surface area contributed by atoms with Crippen molar-refractivity contribution in [2.75, 3.05) is 12.4 Å². The number of carbonyl (C=O) groups excluding carboxylic acids is 2. The maximum atomic E-state index is 13.1. The summed E-state index contributed by atoms with van der Waals surface area (Å²) in [6.07, 6.45) is 0. The molecule has 9 heteroatoms. The van der Waals surface area contributed by atoms with Gasteiger partial charge >= 0.3 is 12.0 Å². The highest BCUT2D eigenvalue weighted by molar-refractivity contribution is 7.91. The molecular formula is C22H23ClN2O5S. The number of rotatable bonds is 6. The standard InChI is InChI=1S/C22H23ClN2O5S/c1-4-30-21(26)19-18(12-31(28,29)17-9-8-13(2)14(3)10-17)24-22(27)25-20(19)15-6-5-7-16(23)11-15/h5-11,20H,4,12H2,1-3H3,(H2,24,25,27)/t20-/m0/s1. The molecule has 1 aliphatic heterocycles. The molecule has 0 saturated heterocycles. The van der Waals surface area contributed by atoms with Crippen LogP contribution in [-0.2, 0) is 19.4 Å². The van der Waals surface area contributed by atoms with Gasteiger partial charge in [0.25, 0.3) is 0 Å². The topological polar surface area (TPSA) is 102 Å². The minimum atomic E-state index is -3.85. The summed E-state index contributed by atoms with van der Waals surface area (Å²) in [4.78, 5) is 25.3. The van der Waals surface area contributed by atoms with E-state index < -0.39 is 33.6 Å². The van der Waals surface area contributed by atoms with Gasteiger partial charge in [-0.05, 0) is 61.7 Å². The number of benzene rings is 2. The minimum absolute atomic E-state index is 0.0228. The number of sulfone groups is 1. The van der Waals surface area contributed by atoms with Crippen molar-refractivity contribution in [1.82, 2.24) is 10.6 Å². The van der Waals surface area contributed by atoms with Gasteiger partial charge < -0.3 is 15.4 Å². The summed E-state index contributed by atoms with van der Waals surface area (Å²) in [6, 6.07) is 9.92. The molecule has 2 amide bonds. The highest BCUT2D eigenvalue weighted by Gasteiger charge is 2.35. The van der Waals surface area contributed by atoms with E-state index in [1.54, 1.807) is 43.3 Å². The highest BCUT2D eigenvalue weighted by atomic mass is 35.5. The Morgan fingerprint density at radius 1 is 1.13 bits per heavy atom. The van der Waals surface area contributed by atoms with Crippen LogP contribution in [0.3, 0.4) is 0 Å². The Bertz CT molecular complexity index is 1170. The zero-order valence-electron chi connectivity index (χ0n) is 17.4. The van der Waals surface area contributed by atoms with Gasteiger partial charge in [-0.25, -0.2) is 18.0 Å². The van der Waals surface area contributed by atoms with E-state index >= 15 is 0 Å². The fraction of sp³-hybridized carbons (Fsp3) is 0.273. The van der Waals surface area contributed by atoms with E-state index in [0.717, 1.165) is 11.1 Å². The number of nitrogens with one attached hydrogen (secondary N) is 2. The van der Waals surface area contributed by atoms with Crippen molar-refractivity contribution in [3.8, 4) is 0 Å². The molecule has 0 bridgehead atoms. The second-order valence-corrected chi connectivity index (χ2v) is 9.63. The zero-order chi connectivity index (χ0) is 22.8. The van der Waals surface area contributed by atoms with Gasteiger partial charge in [0.15, 0.2) is 9.84 Å². The monoisotopic (exact) mass is 462 g/mol. The van der Waals surface area contributed by atoms with Crippen LogP contribution in [0.25, 0.3) is 0 Å². The molecule has 7 nitrogen and oxygen atoms in total. The van der Waals surface area contributed by atoms with Gasteiger partial charge in [-0.2, -0.15) is 0 Å². The first kappa shape index (κ1) is 22.8. The fourth-order valence-electron chi connectivity index (χ4n) is 3.30. The van der Waals surface area contributed by atoms with E-state index in [2.05, 4.69) is 10.6 Å². The van der Waals surface area contributed by atoms with Gasteiger partial charge in [-0.15, -0.1) is 0 Å². The first-order valence-electron chi connectivity index (χ1n) is 9.65. The molecule has 2 N–H and O–H groups in total. The van der Waals surface area contributed by atoms with Crippen LogP contribution in [0.4, 0.5) is 4.79 Å². The molecule has 1 heterocycles. The normalized spacial score (nSPS) is 16.5. The molecule has 0 spiro atoms. The van der Waals surface area contributed by atoms with Crippen molar-refractivity contribution in [2.45, 2.75) is 31.7 Å². The minimum Gasteiger partial charge on any atom is -0.463 e. The molecule has 2 aromatic rings. The first-order valence-corrected chi connectivity index (χ1v) is 11.7. The van der Waals surface area contributed by atoms with E-state index in [1.165, 1.54) is 6.07 Å². The summed E-state index contributed by atoms with van der Waals surface area (Å²) < 4.78 is 31.4. The second-order valence-electron chi connectivity index (χ2n) is 7.20. The third-order valence-corrected chi connectivity index (χ3v) is 6.88. The number of amides is 2. The van der Waals surface area contributed by atoms with E-state index in [9.17, 15) is 18.0 Å². The summed E-state index contributed by atoms with van der Waals surface area (Å²) in [5, 5.41) is 5.56. The highest BCUT2D eigenvalue weighted by Crippen LogP contribution is 2.30. The number of urea groups is 1. The molecule has 2 aromatic carbocycles. The van der Waals surface area contributed by atoms with Crippen molar-refractivity contribution in [1.29, 1.82) is 0 Å². The van der Waals surface area contributed by atoms with Crippen LogP contribution < -0.4 is 10.6 Å². The van der Waals surface area contributed by atoms with E-state index in [1.807, 2.05) is 13.8 Å². The summed E-state index contributed by atoms with van der Waals surface area (Å²) in [7, 11) is -3.85. The van der Waals surface area contributed by atoms with Crippen molar-refractivity contribution < 1.29 is 22.7 Å². The molecule has 1 aliphatic rings. The van der Waals surface area contributed by atoms with Gasteiger partial charge in [0.05, 0.1) is 28.9 Å². The average molecular weight is 463 g/mol. The van der Waals surface area contributed by atoms with E-state index in [4.69, 9.17) is 16.3 Å². The van der Waals surface area contributed by atoms with Crippen LogP contribution in [0.5, 0.6) is 0 Å². The van der Waals surface area contributed by atoms with Crippen molar-refractivity contribution >= 4 is 33.4 Å². The number of aryl methyl sites for hydroxylation is 2. The molecule has 164 valence electrons. The molecule has 31 heavy (non-hydrogen) atoms. The zero-order valence-corrected chi connectivity index (χ0v) is 18.9. The number of hydrogen-bond donors (Lipinski definition) is 2. The third kappa shape index (κ3) is 5.08. The summed E-state index contributed by atoms with van der Waals surface area (Å²) in [5.74, 6) is -1.28. The van der Waals surface area contributed by atoms with E-state index in [-0.39, 0.29) is 22.8 Å². The number of carbonyl (C=O) groups is 2. The van der Waals surface area contributed by atoms with Gasteiger partial charge in [0, 0.05) is 10.7 Å². The summed E-state index contributed by atoms with van der Waals surface area (Å²) in [6.45, 7) is 5.44. The Labute approximate surface area is 186 Å². The van der Waals surface area contributed by atoms with Gasteiger partial charge in [0.1, 0.15) is 0 Å². The smallest absolute Gasteiger partial charge is 0.338 e. The van der Waals surface area contributed by atoms with Crippen molar-refractivity contribution in [2.24, 2.45) is 0 Å². The quantitative estimate of drug-likeness (QED) is 0.638. The van der Waals surface area contributed by atoms with E-state index in [0.29, 0.717) is 10.6 Å². The van der Waals surface area contributed by atoms with Crippen LogP contribution in [0, 0.1) is 13.8 Å². The molecule has 0 unspecified atom stereocenters. The van der Waals surface area contributed by atoms with Crippen LogP contribution >= 0.6 is 11.6 Å². The lowest BCUT2D eigenvalue weighted by Crippen LogP contribution is -2.47. The average Bonchev–Trinajstić information content (AvgIpc) is 2.69. The Balaban J connectivity index is 2.11. The lowest BCUT2D eigenvalue weighted by atomic mass is 9.95. The summed E-state index contributed by atoms with van der Waals surface area (Å²) >= 11 is 6.08. The first-order chi connectivity index (χ1) is 14.6. The maximum absolute atomic E-state index is 13.1. The lowest BCUT2D eigenvalue weighted by molar-refractivity contribution is -0.139. The van der Waals surface area contributed by atoms with Crippen molar-refractivity contribution in [3.05, 3.63) is 75.4 Å². The molecule has 0 radical (unpaired) electrons. The predicted octanol–water partition coefficient (Wildman–Crippen LogP) is 3.60. The van der Waals surface area contributed by atoms with Crippen LogP contribution in [0.1, 0.15) is 29.7 Å². The van der Waals surface area contributed by atoms with Gasteiger partial charge in [0.2, 0.25) is 0 Å². The molecule has 3 rings (SSSR count). The molecular weight excluding hydrogens is 440 g/mol. The van der Waals surface area contributed by atoms with Crippen LogP contribution in [0.15, 0.2) is 58.6 Å². The Hall–Kier alpha value is -2.84. The molecule has 0 fully saturated rings. The molecule has 0 aliphatic carbocycles. The SMILES string of the molecule is CCOC(=O)C1=C(CS(=O)(=O)c2ccc(C)c(C)c2)NC(=O)N[C@H]1c1cccc(Cl)c1. The van der Waals surface area contributed by atoms with Gasteiger partial charge in [-0.3, -0.25) is 0 Å². The number of ether oxygens (including phenoxy) is 1.